The van der Waals surface area contributed by atoms with Gasteiger partial charge in [0, 0.05) is 0 Å². The smallest absolute Gasteiger partial charge is 0.148 e. The van der Waals surface area contributed by atoms with Crippen molar-refractivity contribution in [3.05, 3.63) is 30.0 Å². The third kappa shape index (κ3) is 2.53. The monoisotopic (exact) mass is 231 g/mol. The number of nitrogens with zero attached hydrogens (tertiary/aromatic N) is 2. The van der Waals surface area contributed by atoms with Gasteiger partial charge in [0.1, 0.15) is 5.82 Å². The van der Waals surface area contributed by atoms with Crippen LogP contribution in [0.4, 0.5) is 5.82 Å². The van der Waals surface area contributed by atoms with E-state index in [1.54, 1.807) is 0 Å². The SMILES string of the molecule is CCC(CO)Nc1nc2ccccc2nc1C. The van der Waals surface area contributed by atoms with E-state index in [1.807, 2.05) is 38.1 Å². The van der Waals surface area contributed by atoms with Gasteiger partial charge in [-0.05, 0) is 25.5 Å². The van der Waals surface area contributed by atoms with E-state index in [9.17, 15) is 5.11 Å². The zero-order valence-electron chi connectivity index (χ0n) is 10.1. The van der Waals surface area contributed by atoms with Gasteiger partial charge in [0.2, 0.25) is 0 Å². The number of nitrogens with one attached hydrogen (secondary N) is 1. The maximum atomic E-state index is 9.18. The quantitative estimate of drug-likeness (QED) is 0.846. The van der Waals surface area contributed by atoms with Crippen molar-refractivity contribution in [2.45, 2.75) is 26.3 Å². The molecule has 0 aliphatic carbocycles. The molecule has 1 atom stereocenters. The molecule has 4 nitrogen and oxygen atoms in total. The Hall–Kier alpha value is -1.68. The van der Waals surface area contributed by atoms with Gasteiger partial charge in [-0.25, -0.2) is 9.97 Å². The number of aromatic nitrogens is 2. The average Bonchev–Trinajstić information content (AvgIpc) is 2.36. The van der Waals surface area contributed by atoms with Crippen LogP contribution in [-0.2, 0) is 0 Å². The number of aliphatic hydroxyl groups is 1. The second-order valence-electron chi connectivity index (χ2n) is 4.08. The van der Waals surface area contributed by atoms with Crippen molar-refractivity contribution in [2.24, 2.45) is 0 Å². The van der Waals surface area contributed by atoms with Gasteiger partial charge >= 0.3 is 0 Å². The molecule has 0 saturated carbocycles. The molecular weight excluding hydrogens is 214 g/mol. The van der Waals surface area contributed by atoms with Gasteiger partial charge in [0.15, 0.2) is 0 Å². The van der Waals surface area contributed by atoms with Gasteiger partial charge < -0.3 is 10.4 Å². The lowest BCUT2D eigenvalue weighted by Crippen LogP contribution is -2.24. The maximum absolute atomic E-state index is 9.18. The minimum atomic E-state index is 0.0316. The summed E-state index contributed by atoms with van der Waals surface area (Å²) in [5.41, 5.74) is 2.62. The molecule has 0 spiro atoms. The number of aliphatic hydroxyl groups excluding tert-OH is 1. The van der Waals surface area contributed by atoms with Crippen molar-refractivity contribution in [1.82, 2.24) is 9.97 Å². The molecule has 0 saturated heterocycles. The Balaban J connectivity index is 2.37. The predicted octanol–water partition coefficient (Wildman–Crippen LogP) is 2.12. The van der Waals surface area contributed by atoms with Gasteiger partial charge in [0.25, 0.3) is 0 Å². The molecule has 0 aliphatic heterocycles. The standard InChI is InChI=1S/C13H17N3O/c1-3-10(8-17)15-13-9(2)14-11-6-4-5-7-12(11)16-13/h4-7,10,17H,3,8H2,1-2H3,(H,15,16). The number of aryl methyl sites for hydroxylation is 1. The molecule has 0 fully saturated rings. The largest absolute Gasteiger partial charge is 0.394 e. The molecule has 0 amide bonds. The third-order valence-corrected chi connectivity index (χ3v) is 2.80. The summed E-state index contributed by atoms with van der Waals surface area (Å²) in [5, 5.41) is 12.4. The molecule has 2 N–H and O–H groups in total. The zero-order chi connectivity index (χ0) is 12.3. The van der Waals surface area contributed by atoms with Crippen LogP contribution in [0.2, 0.25) is 0 Å². The Labute approximate surface area is 101 Å². The highest BCUT2D eigenvalue weighted by Gasteiger charge is 2.09. The molecule has 1 aromatic heterocycles. The van der Waals surface area contributed by atoms with Crippen LogP contribution in [-0.4, -0.2) is 27.7 Å². The fraction of sp³-hybridized carbons (Fsp3) is 0.385. The highest BCUT2D eigenvalue weighted by atomic mass is 16.3. The molecular formula is C13H17N3O. The Morgan fingerprint density at radius 1 is 1.24 bits per heavy atom. The molecule has 1 aromatic carbocycles. The zero-order valence-corrected chi connectivity index (χ0v) is 10.1. The molecule has 0 bridgehead atoms. The first-order valence-corrected chi connectivity index (χ1v) is 5.85. The highest BCUT2D eigenvalue weighted by Crippen LogP contribution is 2.16. The van der Waals surface area contributed by atoms with Crippen molar-refractivity contribution in [2.75, 3.05) is 11.9 Å². The van der Waals surface area contributed by atoms with Crippen LogP contribution >= 0.6 is 0 Å². The van der Waals surface area contributed by atoms with Crippen LogP contribution in [0, 0.1) is 6.92 Å². The molecule has 1 heterocycles. The number of hydrogen-bond acceptors (Lipinski definition) is 4. The first kappa shape index (κ1) is 11.8. The second kappa shape index (κ2) is 5.10. The molecule has 0 aliphatic rings. The summed E-state index contributed by atoms with van der Waals surface area (Å²) in [5.74, 6) is 0.754. The number of anilines is 1. The lowest BCUT2D eigenvalue weighted by atomic mass is 10.2. The van der Waals surface area contributed by atoms with E-state index in [1.165, 1.54) is 0 Å². The number of para-hydroxylation sites is 2. The topological polar surface area (TPSA) is 58.0 Å². The maximum Gasteiger partial charge on any atom is 0.148 e. The molecule has 0 radical (unpaired) electrons. The van der Waals surface area contributed by atoms with Crippen LogP contribution < -0.4 is 5.32 Å². The summed E-state index contributed by atoms with van der Waals surface area (Å²) < 4.78 is 0. The van der Waals surface area contributed by atoms with Crippen LogP contribution in [0.5, 0.6) is 0 Å². The predicted molar refractivity (Wildman–Crippen MR) is 69.1 cm³/mol. The number of hydrogen-bond donors (Lipinski definition) is 2. The molecule has 4 heteroatoms. The average molecular weight is 231 g/mol. The molecule has 1 unspecified atom stereocenters. The van der Waals surface area contributed by atoms with E-state index in [2.05, 4.69) is 15.3 Å². The second-order valence-corrected chi connectivity index (χ2v) is 4.08. The van der Waals surface area contributed by atoms with Crippen LogP contribution in [0.3, 0.4) is 0 Å². The van der Waals surface area contributed by atoms with Crippen LogP contribution in [0.1, 0.15) is 19.0 Å². The van der Waals surface area contributed by atoms with Crippen molar-refractivity contribution >= 4 is 16.9 Å². The molecule has 17 heavy (non-hydrogen) atoms. The first-order valence-electron chi connectivity index (χ1n) is 5.85. The van der Waals surface area contributed by atoms with Crippen molar-refractivity contribution < 1.29 is 5.11 Å². The number of fused-ring (bicyclic) bond motifs is 1. The fourth-order valence-electron chi connectivity index (χ4n) is 1.70. The van der Waals surface area contributed by atoms with Crippen LogP contribution in [0.25, 0.3) is 11.0 Å². The summed E-state index contributed by atoms with van der Waals surface area (Å²) >= 11 is 0. The van der Waals surface area contributed by atoms with E-state index >= 15 is 0 Å². The minimum Gasteiger partial charge on any atom is -0.394 e. The Morgan fingerprint density at radius 2 is 1.88 bits per heavy atom. The molecule has 2 rings (SSSR count). The molecule has 2 aromatic rings. The Morgan fingerprint density at radius 3 is 2.47 bits per heavy atom. The van der Waals surface area contributed by atoms with Gasteiger partial charge in [-0.3, -0.25) is 0 Å². The van der Waals surface area contributed by atoms with Gasteiger partial charge in [-0.1, -0.05) is 19.1 Å². The van der Waals surface area contributed by atoms with E-state index in [0.717, 1.165) is 29.0 Å². The fourth-order valence-corrected chi connectivity index (χ4v) is 1.70. The lowest BCUT2D eigenvalue weighted by molar-refractivity contribution is 0.271. The third-order valence-electron chi connectivity index (χ3n) is 2.80. The number of rotatable bonds is 4. The van der Waals surface area contributed by atoms with Gasteiger partial charge in [-0.2, -0.15) is 0 Å². The van der Waals surface area contributed by atoms with Gasteiger partial charge in [-0.15, -0.1) is 0 Å². The van der Waals surface area contributed by atoms with Crippen molar-refractivity contribution in [3.63, 3.8) is 0 Å². The highest BCUT2D eigenvalue weighted by molar-refractivity contribution is 5.76. The summed E-state index contributed by atoms with van der Waals surface area (Å²) in [7, 11) is 0. The molecule has 90 valence electrons. The Bertz CT molecular complexity index is 509. The summed E-state index contributed by atoms with van der Waals surface area (Å²) in [6.45, 7) is 4.05. The minimum absolute atomic E-state index is 0.0316. The van der Waals surface area contributed by atoms with Gasteiger partial charge in [0.05, 0.1) is 29.4 Å². The first-order chi connectivity index (χ1) is 8.24. The van der Waals surface area contributed by atoms with E-state index in [0.29, 0.717) is 0 Å². The summed E-state index contributed by atoms with van der Waals surface area (Å²) in [6, 6.07) is 7.81. The summed E-state index contributed by atoms with van der Waals surface area (Å²) in [4.78, 5) is 9.02. The van der Waals surface area contributed by atoms with Crippen LogP contribution in [0.15, 0.2) is 24.3 Å². The lowest BCUT2D eigenvalue weighted by Gasteiger charge is -2.16. The Kier molecular flexibility index (Phi) is 3.54. The van der Waals surface area contributed by atoms with Crippen molar-refractivity contribution in [1.29, 1.82) is 0 Å². The van der Waals surface area contributed by atoms with E-state index in [4.69, 9.17) is 0 Å². The van der Waals surface area contributed by atoms with E-state index < -0.39 is 0 Å². The number of benzene rings is 1. The summed E-state index contributed by atoms with van der Waals surface area (Å²) in [6.07, 6.45) is 0.852. The normalized spacial score (nSPS) is 12.6. The van der Waals surface area contributed by atoms with E-state index in [-0.39, 0.29) is 12.6 Å². The van der Waals surface area contributed by atoms with Crippen molar-refractivity contribution in [3.8, 4) is 0 Å².